The summed E-state index contributed by atoms with van der Waals surface area (Å²) in [6.45, 7) is 7.25. The van der Waals surface area contributed by atoms with Crippen molar-refractivity contribution in [3.8, 4) is 34.0 Å². The molecule has 0 aliphatic heterocycles. The number of hydrogen-bond acceptors (Lipinski definition) is 10. The second kappa shape index (κ2) is 21.3. The summed E-state index contributed by atoms with van der Waals surface area (Å²) in [4.78, 5) is 11.1. The summed E-state index contributed by atoms with van der Waals surface area (Å²) in [6.07, 6.45) is 5.56. The molecule has 0 aliphatic rings. The molecular weight excluding hydrogens is 799 g/mol. The van der Waals surface area contributed by atoms with E-state index in [0.29, 0.717) is 24.8 Å². The van der Waals surface area contributed by atoms with Crippen LogP contribution in [0.2, 0.25) is 0 Å². The lowest BCUT2D eigenvalue weighted by Crippen LogP contribution is -2.15. The molecule has 0 saturated heterocycles. The maximum absolute atomic E-state index is 13.6. The number of fused-ring (bicyclic) bond motifs is 2. The number of nitrogens with zero attached hydrogens (tertiary/aromatic N) is 7. The fraction of sp³-hybridized carbons (Fsp3) is 0.265. The predicted octanol–water partition coefficient (Wildman–Crippen LogP) is 9.74. The molecule has 3 N–H and O–H groups in total. The lowest BCUT2D eigenvalue weighted by molar-refractivity contribution is 0.281. The SMILES string of the molecule is CNCCCOc1ccc(-c2cnc3ccc(N[C@H](C)c4cccc(F)c4)nn23)cc1.C[C@@H](Nc1ccc2ncc(-c3ccc(OCCCN(C)C)cc3)n2n1)c1cccc(F)c1. The molecule has 12 nitrogen and oxygen atoms in total. The highest BCUT2D eigenvalue weighted by Crippen LogP contribution is 2.27. The standard InChI is InChI=1S/C25H28FN5O.C24H26FN5O/c1-18(20-6-4-7-21(26)16-20)28-24-12-13-25-27-17-23(31(25)29-24)19-8-10-22(11-9-19)32-15-5-14-30(2)3;1-17(19-5-3-6-20(25)15-19)28-23-11-12-24-27-16-22(30(24)29-23)18-7-9-21(10-8-18)31-14-4-13-26-2/h4,6-13,16-18H,5,14-15H2,1-3H3,(H,28,29);3,5-12,15-17,26H,4,13-14H2,1-2H3,(H,28,29)/t18-;17-/m11/s1. The van der Waals surface area contributed by atoms with Crippen molar-refractivity contribution in [3.63, 3.8) is 0 Å². The van der Waals surface area contributed by atoms with E-state index in [1.54, 1.807) is 12.1 Å². The number of aromatic nitrogens is 6. The van der Waals surface area contributed by atoms with Gasteiger partial charge in [0.05, 0.1) is 49.1 Å². The average Bonchev–Trinajstić information content (AvgIpc) is 3.91. The molecule has 2 atom stereocenters. The zero-order valence-corrected chi connectivity index (χ0v) is 36.3. The predicted molar refractivity (Wildman–Crippen MR) is 246 cm³/mol. The Morgan fingerprint density at radius 1 is 0.603 bits per heavy atom. The van der Waals surface area contributed by atoms with E-state index in [4.69, 9.17) is 19.7 Å². The van der Waals surface area contributed by atoms with E-state index in [9.17, 15) is 8.78 Å². The first kappa shape index (κ1) is 44.2. The quantitative estimate of drug-likeness (QED) is 0.0721. The van der Waals surface area contributed by atoms with Crippen LogP contribution in [0.4, 0.5) is 20.4 Å². The molecule has 0 saturated carbocycles. The van der Waals surface area contributed by atoms with Crippen molar-refractivity contribution in [3.05, 3.63) is 156 Å². The van der Waals surface area contributed by atoms with Crippen molar-refractivity contribution in [1.29, 1.82) is 0 Å². The van der Waals surface area contributed by atoms with Crippen LogP contribution in [-0.2, 0) is 0 Å². The van der Waals surface area contributed by atoms with Crippen LogP contribution in [0.15, 0.2) is 134 Å². The molecule has 4 heterocycles. The molecule has 326 valence electrons. The van der Waals surface area contributed by atoms with Gasteiger partial charge in [-0.25, -0.2) is 27.8 Å². The van der Waals surface area contributed by atoms with E-state index >= 15 is 0 Å². The minimum atomic E-state index is -0.249. The molecule has 0 spiro atoms. The highest BCUT2D eigenvalue weighted by Gasteiger charge is 2.13. The van der Waals surface area contributed by atoms with Crippen molar-refractivity contribution in [2.24, 2.45) is 0 Å². The summed E-state index contributed by atoms with van der Waals surface area (Å²) in [7, 11) is 6.05. The fourth-order valence-corrected chi connectivity index (χ4v) is 6.91. The normalized spacial score (nSPS) is 12.2. The summed E-state index contributed by atoms with van der Waals surface area (Å²) in [6, 6.07) is 36.5. The van der Waals surface area contributed by atoms with Crippen LogP contribution in [0.25, 0.3) is 33.8 Å². The van der Waals surface area contributed by atoms with Crippen molar-refractivity contribution in [2.45, 2.75) is 38.8 Å². The molecule has 8 rings (SSSR count). The monoisotopic (exact) mass is 852 g/mol. The number of halogens is 2. The van der Waals surface area contributed by atoms with Crippen LogP contribution in [0.5, 0.6) is 11.5 Å². The number of hydrogen-bond donors (Lipinski definition) is 3. The van der Waals surface area contributed by atoms with Gasteiger partial charge in [0.15, 0.2) is 11.3 Å². The molecule has 4 aromatic heterocycles. The van der Waals surface area contributed by atoms with E-state index in [2.05, 4.69) is 44.9 Å². The number of benzene rings is 4. The Kier molecular flexibility index (Phi) is 14.9. The first-order valence-electron chi connectivity index (χ1n) is 21.1. The van der Waals surface area contributed by atoms with Crippen molar-refractivity contribution >= 4 is 22.9 Å². The van der Waals surface area contributed by atoms with Gasteiger partial charge in [-0.1, -0.05) is 24.3 Å². The molecule has 0 amide bonds. The maximum atomic E-state index is 13.6. The largest absolute Gasteiger partial charge is 0.494 e. The topological polar surface area (TPSA) is 118 Å². The van der Waals surface area contributed by atoms with Gasteiger partial charge in [-0.15, -0.1) is 10.2 Å². The molecule has 0 aliphatic carbocycles. The van der Waals surface area contributed by atoms with Crippen LogP contribution in [0, 0.1) is 11.6 Å². The molecule has 63 heavy (non-hydrogen) atoms. The third-order valence-corrected chi connectivity index (χ3v) is 10.3. The second-order valence-electron chi connectivity index (χ2n) is 15.5. The number of imidazole rings is 2. The lowest BCUT2D eigenvalue weighted by atomic mass is 10.1. The Hall–Kier alpha value is -6.90. The zero-order valence-electron chi connectivity index (χ0n) is 36.3. The summed E-state index contributed by atoms with van der Waals surface area (Å²) >= 11 is 0. The first-order valence-corrected chi connectivity index (χ1v) is 21.1. The smallest absolute Gasteiger partial charge is 0.154 e. The van der Waals surface area contributed by atoms with E-state index in [1.807, 2.05) is 127 Å². The zero-order chi connectivity index (χ0) is 44.1. The summed E-state index contributed by atoms with van der Waals surface area (Å²) in [5.74, 6) is 2.57. The van der Waals surface area contributed by atoms with E-state index < -0.39 is 0 Å². The summed E-state index contributed by atoms with van der Waals surface area (Å²) in [5, 5.41) is 19.2. The summed E-state index contributed by atoms with van der Waals surface area (Å²) < 4.78 is 42.3. The first-order chi connectivity index (χ1) is 30.6. The molecule has 8 aromatic rings. The van der Waals surface area contributed by atoms with Crippen LogP contribution >= 0.6 is 0 Å². The molecule has 4 aromatic carbocycles. The third kappa shape index (κ3) is 11.9. The minimum Gasteiger partial charge on any atom is -0.494 e. The van der Waals surface area contributed by atoms with Crippen molar-refractivity contribution in [2.75, 3.05) is 58.1 Å². The van der Waals surface area contributed by atoms with Crippen LogP contribution < -0.4 is 25.4 Å². The fourth-order valence-electron chi connectivity index (χ4n) is 6.91. The van der Waals surface area contributed by atoms with Gasteiger partial charge in [0, 0.05) is 17.7 Å². The van der Waals surface area contributed by atoms with Gasteiger partial charge in [-0.3, -0.25) is 0 Å². The lowest BCUT2D eigenvalue weighted by Gasteiger charge is -2.15. The van der Waals surface area contributed by atoms with Gasteiger partial charge in [-0.05, 0) is 163 Å². The molecule has 0 radical (unpaired) electrons. The van der Waals surface area contributed by atoms with E-state index in [1.165, 1.54) is 24.3 Å². The number of ether oxygens (including phenoxy) is 2. The van der Waals surface area contributed by atoms with Crippen molar-refractivity contribution < 1.29 is 18.3 Å². The molecule has 0 fully saturated rings. The van der Waals surface area contributed by atoms with Crippen LogP contribution in [-0.4, -0.2) is 81.5 Å². The highest BCUT2D eigenvalue weighted by molar-refractivity contribution is 5.65. The number of rotatable bonds is 18. The molecular formula is C49H54F2N10O2. The van der Waals surface area contributed by atoms with Crippen LogP contribution in [0.1, 0.15) is 49.9 Å². The van der Waals surface area contributed by atoms with Crippen LogP contribution in [0.3, 0.4) is 0 Å². The molecule has 0 unspecified atom stereocenters. The second-order valence-corrected chi connectivity index (χ2v) is 15.5. The molecule has 14 heteroatoms. The van der Waals surface area contributed by atoms with E-state index in [-0.39, 0.29) is 23.7 Å². The highest BCUT2D eigenvalue weighted by atomic mass is 19.1. The van der Waals surface area contributed by atoms with Gasteiger partial charge < -0.3 is 30.3 Å². The van der Waals surface area contributed by atoms with Gasteiger partial charge >= 0.3 is 0 Å². The average molecular weight is 853 g/mol. The number of nitrogens with one attached hydrogen (secondary N) is 3. The Morgan fingerprint density at radius 2 is 1.06 bits per heavy atom. The Labute approximate surface area is 366 Å². The van der Waals surface area contributed by atoms with Gasteiger partial charge in [-0.2, -0.15) is 0 Å². The Bertz CT molecular complexity index is 2690. The van der Waals surface area contributed by atoms with Gasteiger partial charge in [0.1, 0.15) is 34.8 Å². The Morgan fingerprint density at radius 3 is 1.49 bits per heavy atom. The van der Waals surface area contributed by atoms with Gasteiger partial charge in [0.2, 0.25) is 0 Å². The third-order valence-electron chi connectivity index (χ3n) is 10.3. The Balaban J connectivity index is 0.000000189. The number of anilines is 2. The van der Waals surface area contributed by atoms with E-state index in [0.717, 1.165) is 82.4 Å². The van der Waals surface area contributed by atoms with Crippen molar-refractivity contribution in [1.82, 2.24) is 39.4 Å². The summed E-state index contributed by atoms with van der Waals surface area (Å²) in [5.41, 5.74) is 7.01. The van der Waals surface area contributed by atoms with Gasteiger partial charge in [0.25, 0.3) is 0 Å². The minimum absolute atomic E-state index is 0.0908. The molecule has 0 bridgehead atoms. The maximum Gasteiger partial charge on any atom is 0.154 e.